The fraction of sp³-hybridized carbons (Fsp3) is 0.200. The molecule has 0 aliphatic rings. The van der Waals surface area contributed by atoms with E-state index in [1.165, 1.54) is 6.07 Å². The van der Waals surface area contributed by atoms with Gasteiger partial charge in [-0.2, -0.15) is 0 Å². The Labute approximate surface area is 134 Å². The Morgan fingerprint density at radius 3 is 2.74 bits per heavy atom. The second-order valence-corrected chi connectivity index (χ2v) is 6.37. The molecule has 4 heteroatoms. The summed E-state index contributed by atoms with van der Waals surface area (Å²) < 4.78 is 16.1. The molecule has 0 bridgehead atoms. The van der Waals surface area contributed by atoms with Gasteiger partial charge < -0.3 is 5.32 Å². The topological polar surface area (TPSA) is 12.0 Å². The normalized spacial score (nSPS) is 12.4. The van der Waals surface area contributed by atoms with E-state index >= 15 is 0 Å². The third kappa shape index (κ3) is 3.77. The summed E-state index contributed by atoms with van der Waals surface area (Å²) in [5.74, 6) is -0.187. The predicted octanol–water partition coefficient (Wildman–Crippen LogP) is 4.89. The Kier molecular flexibility index (Phi) is 5.36. The van der Waals surface area contributed by atoms with Crippen molar-refractivity contribution in [2.24, 2.45) is 0 Å². The molecule has 100 valence electrons. The maximum atomic E-state index is 14.1. The van der Waals surface area contributed by atoms with E-state index in [0.29, 0.717) is 5.56 Å². The first-order chi connectivity index (χ1) is 9.11. The fourth-order valence-corrected chi connectivity index (χ4v) is 2.98. The molecule has 0 aliphatic carbocycles. The van der Waals surface area contributed by atoms with Crippen molar-refractivity contribution < 1.29 is 4.39 Å². The molecule has 0 spiro atoms. The van der Waals surface area contributed by atoms with Crippen LogP contribution in [-0.4, -0.2) is 6.54 Å². The van der Waals surface area contributed by atoms with E-state index in [2.05, 4.69) is 49.9 Å². The summed E-state index contributed by atoms with van der Waals surface area (Å²) in [4.78, 5) is 0. The van der Waals surface area contributed by atoms with Crippen LogP contribution in [-0.2, 0) is 0 Å². The SMILES string of the molecule is CCNC(c1cccc(I)c1)c1cc(Br)ccc1F. The quantitative estimate of drug-likeness (QED) is 0.676. The molecule has 0 radical (unpaired) electrons. The summed E-state index contributed by atoms with van der Waals surface area (Å²) in [5, 5.41) is 3.35. The van der Waals surface area contributed by atoms with Gasteiger partial charge in [-0.1, -0.05) is 35.0 Å². The van der Waals surface area contributed by atoms with Crippen LogP contribution in [0.15, 0.2) is 46.9 Å². The molecule has 1 nitrogen and oxygen atoms in total. The van der Waals surface area contributed by atoms with E-state index in [0.717, 1.165) is 20.2 Å². The molecule has 2 rings (SSSR count). The van der Waals surface area contributed by atoms with Crippen LogP contribution in [0.5, 0.6) is 0 Å². The molecule has 2 aromatic carbocycles. The highest BCUT2D eigenvalue weighted by Crippen LogP contribution is 2.27. The summed E-state index contributed by atoms with van der Waals surface area (Å²) in [6.45, 7) is 2.80. The molecule has 0 saturated heterocycles. The second kappa shape index (κ2) is 6.81. The molecule has 0 amide bonds. The van der Waals surface area contributed by atoms with E-state index in [-0.39, 0.29) is 11.9 Å². The molecule has 1 N–H and O–H groups in total. The first-order valence-corrected chi connectivity index (χ1v) is 7.92. The van der Waals surface area contributed by atoms with Gasteiger partial charge in [0.15, 0.2) is 0 Å². The van der Waals surface area contributed by atoms with Crippen molar-refractivity contribution >= 4 is 38.5 Å². The van der Waals surface area contributed by atoms with Crippen LogP contribution in [0, 0.1) is 9.39 Å². The van der Waals surface area contributed by atoms with Gasteiger partial charge in [0.05, 0.1) is 6.04 Å². The van der Waals surface area contributed by atoms with Gasteiger partial charge >= 0.3 is 0 Å². The third-order valence-corrected chi connectivity index (χ3v) is 4.02. The van der Waals surface area contributed by atoms with Gasteiger partial charge in [0.2, 0.25) is 0 Å². The van der Waals surface area contributed by atoms with Gasteiger partial charge in [-0.3, -0.25) is 0 Å². The summed E-state index contributed by atoms with van der Waals surface area (Å²) in [5.41, 5.74) is 1.74. The minimum atomic E-state index is -0.187. The van der Waals surface area contributed by atoms with Crippen LogP contribution in [0.1, 0.15) is 24.1 Å². The van der Waals surface area contributed by atoms with Crippen LogP contribution in [0.25, 0.3) is 0 Å². The van der Waals surface area contributed by atoms with E-state index in [9.17, 15) is 4.39 Å². The minimum Gasteiger partial charge on any atom is -0.306 e. The molecule has 1 unspecified atom stereocenters. The zero-order valence-corrected chi connectivity index (χ0v) is 14.2. The van der Waals surface area contributed by atoms with Gasteiger partial charge in [0.25, 0.3) is 0 Å². The van der Waals surface area contributed by atoms with Crippen LogP contribution in [0.4, 0.5) is 4.39 Å². The van der Waals surface area contributed by atoms with Crippen molar-refractivity contribution in [1.82, 2.24) is 5.32 Å². The Balaban J connectivity index is 2.48. The lowest BCUT2D eigenvalue weighted by molar-refractivity contribution is 0.558. The van der Waals surface area contributed by atoms with Crippen molar-refractivity contribution in [1.29, 1.82) is 0 Å². The summed E-state index contributed by atoms with van der Waals surface area (Å²) in [6.07, 6.45) is 0. The molecule has 1 atom stereocenters. The van der Waals surface area contributed by atoms with Crippen LogP contribution in [0.2, 0.25) is 0 Å². The van der Waals surface area contributed by atoms with Gasteiger partial charge in [0.1, 0.15) is 5.82 Å². The van der Waals surface area contributed by atoms with E-state index in [1.54, 1.807) is 6.07 Å². The Bertz CT molecular complexity index is 574. The molecular weight excluding hydrogens is 420 g/mol. The molecule has 0 fully saturated rings. The van der Waals surface area contributed by atoms with Gasteiger partial charge in [-0.25, -0.2) is 4.39 Å². The molecular formula is C15H14BrFIN. The van der Waals surface area contributed by atoms with E-state index in [1.807, 2.05) is 31.2 Å². The number of nitrogens with one attached hydrogen (secondary N) is 1. The van der Waals surface area contributed by atoms with Gasteiger partial charge in [0, 0.05) is 13.6 Å². The lowest BCUT2D eigenvalue weighted by Gasteiger charge is -2.20. The number of halogens is 3. The maximum absolute atomic E-state index is 14.1. The highest BCUT2D eigenvalue weighted by atomic mass is 127. The molecule has 0 aromatic heterocycles. The predicted molar refractivity (Wildman–Crippen MR) is 88.8 cm³/mol. The van der Waals surface area contributed by atoms with Crippen LogP contribution in [0.3, 0.4) is 0 Å². The number of hydrogen-bond donors (Lipinski definition) is 1. The van der Waals surface area contributed by atoms with Crippen molar-refractivity contribution in [3.8, 4) is 0 Å². The molecule has 0 aliphatic heterocycles. The second-order valence-electron chi connectivity index (χ2n) is 4.21. The summed E-state index contributed by atoms with van der Waals surface area (Å²) in [6, 6.07) is 13.1. The van der Waals surface area contributed by atoms with Crippen LogP contribution < -0.4 is 5.32 Å². The Hall–Kier alpha value is -0.460. The fourth-order valence-electron chi connectivity index (χ4n) is 2.03. The van der Waals surface area contributed by atoms with Crippen molar-refractivity contribution in [3.63, 3.8) is 0 Å². The van der Waals surface area contributed by atoms with Gasteiger partial charge in [-0.05, 0) is 65.0 Å². The van der Waals surface area contributed by atoms with Gasteiger partial charge in [-0.15, -0.1) is 0 Å². The van der Waals surface area contributed by atoms with Crippen molar-refractivity contribution in [2.75, 3.05) is 6.54 Å². The summed E-state index contributed by atoms with van der Waals surface area (Å²) >= 11 is 5.68. The monoisotopic (exact) mass is 433 g/mol. The highest BCUT2D eigenvalue weighted by Gasteiger charge is 2.17. The lowest BCUT2D eigenvalue weighted by Crippen LogP contribution is -2.23. The molecule has 0 heterocycles. The number of benzene rings is 2. The third-order valence-electron chi connectivity index (χ3n) is 2.86. The summed E-state index contributed by atoms with van der Waals surface area (Å²) in [7, 11) is 0. The van der Waals surface area contributed by atoms with Crippen molar-refractivity contribution in [2.45, 2.75) is 13.0 Å². The van der Waals surface area contributed by atoms with Crippen LogP contribution >= 0.6 is 38.5 Å². The standard InChI is InChI=1S/C15H14BrFIN/c1-2-19-15(10-4-3-5-12(18)8-10)13-9-11(16)6-7-14(13)17/h3-9,15,19H,2H2,1H3. The largest absolute Gasteiger partial charge is 0.306 e. The Morgan fingerprint density at radius 1 is 1.26 bits per heavy atom. The smallest absolute Gasteiger partial charge is 0.128 e. The highest BCUT2D eigenvalue weighted by molar-refractivity contribution is 14.1. The number of rotatable bonds is 4. The average molecular weight is 434 g/mol. The zero-order chi connectivity index (χ0) is 13.8. The molecule has 0 saturated carbocycles. The maximum Gasteiger partial charge on any atom is 0.128 e. The Morgan fingerprint density at radius 2 is 2.05 bits per heavy atom. The van der Waals surface area contributed by atoms with Crippen molar-refractivity contribution in [3.05, 3.63) is 67.5 Å². The van der Waals surface area contributed by atoms with E-state index < -0.39 is 0 Å². The minimum absolute atomic E-state index is 0.128. The first-order valence-electron chi connectivity index (χ1n) is 6.05. The molecule has 19 heavy (non-hydrogen) atoms. The average Bonchev–Trinajstić information content (AvgIpc) is 2.39. The first kappa shape index (κ1) is 14.9. The van der Waals surface area contributed by atoms with E-state index in [4.69, 9.17) is 0 Å². The lowest BCUT2D eigenvalue weighted by atomic mass is 9.98. The number of hydrogen-bond acceptors (Lipinski definition) is 1. The zero-order valence-electron chi connectivity index (χ0n) is 10.5. The molecule has 2 aromatic rings.